The van der Waals surface area contributed by atoms with Crippen LogP contribution in [0.3, 0.4) is 0 Å². The number of thiocarbonyl (C=S) groups is 1. The summed E-state index contributed by atoms with van der Waals surface area (Å²) in [5, 5.41) is 3.16. The van der Waals surface area contributed by atoms with Crippen molar-refractivity contribution >= 4 is 40.2 Å². The van der Waals surface area contributed by atoms with Crippen molar-refractivity contribution in [2.24, 2.45) is 0 Å². The minimum absolute atomic E-state index is 0.108. The molecule has 0 saturated heterocycles. The molecule has 0 aliphatic heterocycles. The van der Waals surface area contributed by atoms with Crippen molar-refractivity contribution < 1.29 is 4.79 Å². The highest BCUT2D eigenvalue weighted by molar-refractivity contribution is 8.22. The van der Waals surface area contributed by atoms with Crippen LogP contribution in [0.2, 0.25) is 0 Å². The van der Waals surface area contributed by atoms with E-state index in [0.29, 0.717) is 23.0 Å². The Kier molecular flexibility index (Phi) is 7.49. The first-order valence-corrected chi connectivity index (χ1v) is 8.69. The van der Waals surface area contributed by atoms with Gasteiger partial charge in [-0.3, -0.25) is 9.78 Å². The Bertz CT molecular complexity index is 657. The maximum absolute atomic E-state index is 11.8. The van der Waals surface area contributed by atoms with Crippen LogP contribution in [0.4, 0.5) is 0 Å². The fourth-order valence-corrected chi connectivity index (χ4v) is 2.79. The molecule has 3 nitrogen and oxygen atoms in total. The normalized spacial score (nSPS) is 10.6. The second-order valence-electron chi connectivity index (χ2n) is 4.81. The minimum atomic E-state index is 0.108. The van der Waals surface area contributed by atoms with Gasteiger partial charge in [-0.1, -0.05) is 66.5 Å². The van der Waals surface area contributed by atoms with Gasteiger partial charge in [-0.2, -0.15) is 0 Å². The van der Waals surface area contributed by atoms with Crippen LogP contribution in [-0.2, 0) is 11.3 Å². The molecule has 0 aliphatic rings. The quantitative estimate of drug-likeness (QED) is 0.611. The van der Waals surface area contributed by atoms with E-state index in [1.54, 1.807) is 18.5 Å². The van der Waals surface area contributed by atoms with E-state index >= 15 is 0 Å². The Hall–Kier alpha value is -1.98. The van der Waals surface area contributed by atoms with Crippen LogP contribution >= 0.6 is 24.0 Å². The molecule has 0 aliphatic carbocycles. The molecule has 2 rings (SSSR count). The number of hydrogen-bond acceptors (Lipinski definition) is 4. The first-order chi connectivity index (χ1) is 11.2. The lowest BCUT2D eigenvalue weighted by Gasteiger charge is -2.06. The van der Waals surface area contributed by atoms with E-state index in [9.17, 15) is 4.79 Å². The molecular weight excluding hydrogens is 324 g/mol. The van der Waals surface area contributed by atoms with Gasteiger partial charge in [-0.15, -0.1) is 0 Å². The summed E-state index contributed by atoms with van der Waals surface area (Å²) in [6.07, 6.45) is 7.49. The number of ketones is 1. The Labute approximate surface area is 146 Å². The molecule has 0 atom stereocenters. The number of pyridine rings is 1. The number of benzene rings is 1. The Morgan fingerprint density at radius 3 is 2.78 bits per heavy atom. The number of nitrogens with zero attached hydrogens (tertiary/aromatic N) is 1. The second kappa shape index (κ2) is 9.92. The largest absolute Gasteiger partial charge is 0.367 e. The number of allylic oxidation sites excluding steroid dienone is 1. The molecule has 1 aromatic carbocycles. The van der Waals surface area contributed by atoms with Crippen molar-refractivity contribution in [1.82, 2.24) is 10.3 Å². The monoisotopic (exact) mass is 342 g/mol. The van der Waals surface area contributed by atoms with Gasteiger partial charge in [0.05, 0.1) is 0 Å². The van der Waals surface area contributed by atoms with Crippen LogP contribution in [0.15, 0.2) is 60.9 Å². The number of carbonyl (C=O) groups excluding carboxylic acids is 1. The number of carbonyl (C=O) groups is 1. The molecule has 2 aromatic rings. The van der Waals surface area contributed by atoms with E-state index in [1.807, 2.05) is 48.5 Å². The van der Waals surface area contributed by atoms with Gasteiger partial charge in [0.2, 0.25) is 0 Å². The van der Waals surface area contributed by atoms with Gasteiger partial charge < -0.3 is 5.32 Å². The molecule has 5 heteroatoms. The van der Waals surface area contributed by atoms with Crippen molar-refractivity contribution in [2.45, 2.75) is 13.0 Å². The third-order valence-electron chi connectivity index (χ3n) is 3.00. The third kappa shape index (κ3) is 7.21. The summed E-state index contributed by atoms with van der Waals surface area (Å²) in [5.74, 6) is 0.785. The summed E-state index contributed by atoms with van der Waals surface area (Å²) in [6, 6.07) is 13.7. The van der Waals surface area contributed by atoms with Crippen LogP contribution in [0.25, 0.3) is 6.08 Å². The molecule has 1 heterocycles. The smallest absolute Gasteiger partial charge is 0.156 e. The Morgan fingerprint density at radius 1 is 1.22 bits per heavy atom. The van der Waals surface area contributed by atoms with Crippen molar-refractivity contribution in [2.75, 3.05) is 5.75 Å². The zero-order valence-electron chi connectivity index (χ0n) is 12.6. The molecule has 1 N–H and O–H groups in total. The predicted molar refractivity (Wildman–Crippen MR) is 101 cm³/mol. The lowest BCUT2D eigenvalue weighted by molar-refractivity contribution is -0.114. The van der Waals surface area contributed by atoms with E-state index in [1.165, 1.54) is 11.8 Å². The number of aromatic nitrogens is 1. The highest BCUT2D eigenvalue weighted by Crippen LogP contribution is 2.07. The molecule has 0 fully saturated rings. The van der Waals surface area contributed by atoms with Crippen LogP contribution in [-0.4, -0.2) is 20.8 Å². The fraction of sp³-hybridized carbons (Fsp3) is 0.167. The van der Waals surface area contributed by atoms with Gasteiger partial charge in [0.15, 0.2) is 5.78 Å². The predicted octanol–water partition coefficient (Wildman–Crippen LogP) is 3.86. The zero-order valence-corrected chi connectivity index (χ0v) is 14.3. The van der Waals surface area contributed by atoms with Gasteiger partial charge in [0.1, 0.15) is 4.32 Å². The number of thioether (sulfide) groups is 1. The second-order valence-corrected chi connectivity index (χ2v) is 6.58. The molecule has 0 amide bonds. The lowest BCUT2D eigenvalue weighted by Crippen LogP contribution is -2.18. The van der Waals surface area contributed by atoms with Crippen molar-refractivity contribution in [3.05, 3.63) is 72.1 Å². The van der Waals surface area contributed by atoms with Crippen LogP contribution < -0.4 is 5.32 Å². The summed E-state index contributed by atoms with van der Waals surface area (Å²) in [6.45, 7) is 0.654. The van der Waals surface area contributed by atoms with E-state index in [-0.39, 0.29) is 5.78 Å². The van der Waals surface area contributed by atoms with Crippen molar-refractivity contribution in [1.29, 1.82) is 0 Å². The van der Waals surface area contributed by atoms with Crippen LogP contribution in [0, 0.1) is 0 Å². The van der Waals surface area contributed by atoms with Gasteiger partial charge in [-0.25, -0.2) is 0 Å². The molecule has 118 valence electrons. The maximum Gasteiger partial charge on any atom is 0.156 e. The minimum Gasteiger partial charge on any atom is -0.367 e. The maximum atomic E-state index is 11.8. The number of rotatable bonds is 7. The molecule has 0 radical (unpaired) electrons. The van der Waals surface area contributed by atoms with E-state index in [2.05, 4.69) is 10.3 Å². The Morgan fingerprint density at radius 2 is 2.04 bits per heavy atom. The first kappa shape index (κ1) is 17.4. The molecular formula is C18H18N2OS2. The topological polar surface area (TPSA) is 42.0 Å². The number of hydrogen-bond donors (Lipinski definition) is 1. The SMILES string of the molecule is O=C(/C=C/c1ccccc1)CCSC(=S)NCc1cccnc1. The van der Waals surface area contributed by atoms with E-state index in [4.69, 9.17) is 12.2 Å². The zero-order chi connectivity index (χ0) is 16.3. The molecule has 1 aromatic heterocycles. The third-order valence-corrected chi connectivity index (χ3v) is 4.32. The average Bonchev–Trinajstić information content (AvgIpc) is 2.60. The summed E-state index contributed by atoms with van der Waals surface area (Å²) in [7, 11) is 0. The first-order valence-electron chi connectivity index (χ1n) is 7.29. The van der Waals surface area contributed by atoms with Gasteiger partial charge >= 0.3 is 0 Å². The van der Waals surface area contributed by atoms with E-state index < -0.39 is 0 Å². The number of nitrogens with one attached hydrogen (secondary N) is 1. The highest BCUT2D eigenvalue weighted by atomic mass is 32.2. The van der Waals surface area contributed by atoms with Gasteiger partial charge in [0.25, 0.3) is 0 Å². The van der Waals surface area contributed by atoms with Crippen molar-refractivity contribution in [3.63, 3.8) is 0 Å². The molecule has 0 unspecified atom stereocenters. The lowest BCUT2D eigenvalue weighted by atomic mass is 10.2. The molecule has 0 spiro atoms. The summed E-state index contributed by atoms with van der Waals surface area (Å²) in [5.41, 5.74) is 2.11. The molecule has 0 bridgehead atoms. The molecule has 23 heavy (non-hydrogen) atoms. The van der Waals surface area contributed by atoms with Gasteiger partial charge in [0, 0.05) is 31.1 Å². The average molecular weight is 342 g/mol. The summed E-state index contributed by atoms with van der Waals surface area (Å²) in [4.78, 5) is 15.9. The van der Waals surface area contributed by atoms with Crippen LogP contribution in [0.5, 0.6) is 0 Å². The van der Waals surface area contributed by atoms with Crippen LogP contribution in [0.1, 0.15) is 17.5 Å². The fourth-order valence-electron chi connectivity index (χ4n) is 1.81. The Balaban J connectivity index is 1.63. The van der Waals surface area contributed by atoms with E-state index in [0.717, 1.165) is 11.1 Å². The van der Waals surface area contributed by atoms with Gasteiger partial charge in [-0.05, 0) is 23.3 Å². The summed E-state index contributed by atoms with van der Waals surface area (Å²) >= 11 is 6.74. The highest BCUT2D eigenvalue weighted by Gasteiger charge is 2.01. The van der Waals surface area contributed by atoms with Crippen molar-refractivity contribution in [3.8, 4) is 0 Å². The summed E-state index contributed by atoms with van der Waals surface area (Å²) < 4.78 is 0.702. The molecule has 0 saturated carbocycles. The standard InChI is InChI=1S/C18H18N2OS2/c21-17(9-8-15-5-2-1-3-6-15)10-12-23-18(22)20-14-16-7-4-11-19-13-16/h1-9,11,13H,10,12,14H2,(H,20,22)/b9-8+.